The van der Waals surface area contributed by atoms with Gasteiger partial charge in [-0.2, -0.15) is 31.6 Å². The maximum Gasteiger partial charge on any atom is 0.104 e. The molecule has 51 heavy (non-hydrogen) atoms. The zero-order valence-corrected chi connectivity index (χ0v) is 26.9. The van der Waals surface area contributed by atoms with Gasteiger partial charge < -0.3 is 9.13 Å². The molecule has 0 bridgehead atoms. The molecule has 8 aromatic rings. The standard InChI is InChI=1S/C43H20N8/c1-25-10-30(23-48)12-31(11-25)32-17-42(50-38-6-2-26(19-44)13-33(38)34-14-27(20-45)3-7-39(34)50)37(24-49)43(18-32)51-40-8-4-28(21-46)15-35(40)36-16-29(22-47)5-9-41(36)51/h2-18H,1H3. The van der Waals surface area contributed by atoms with Crippen molar-refractivity contribution in [2.24, 2.45) is 0 Å². The summed E-state index contributed by atoms with van der Waals surface area (Å²) in [5.41, 5.74) is 9.14. The van der Waals surface area contributed by atoms with Crippen LogP contribution in [0, 0.1) is 74.9 Å². The Morgan fingerprint density at radius 1 is 0.373 bits per heavy atom. The Balaban J connectivity index is 1.58. The van der Waals surface area contributed by atoms with Gasteiger partial charge >= 0.3 is 0 Å². The first kappa shape index (κ1) is 30.2. The second kappa shape index (κ2) is 11.5. The summed E-state index contributed by atoms with van der Waals surface area (Å²) >= 11 is 0. The van der Waals surface area contributed by atoms with E-state index >= 15 is 0 Å². The second-order valence-corrected chi connectivity index (χ2v) is 12.2. The summed E-state index contributed by atoms with van der Waals surface area (Å²) in [7, 11) is 0. The van der Waals surface area contributed by atoms with Gasteiger partial charge in [0.15, 0.2) is 0 Å². The van der Waals surface area contributed by atoms with Crippen molar-refractivity contribution in [3.8, 4) is 58.9 Å². The largest absolute Gasteiger partial charge is 0.308 e. The third-order valence-corrected chi connectivity index (χ3v) is 9.28. The lowest BCUT2D eigenvalue weighted by Gasteiger charge is -2.18. The summed E-state index contributed by atoms with van der Waals surface area (Å²) in [4.78, 5) is 0. The van der Waals surface area contributed by atoms with Crippen molar-refractivity contribution in [2.75, 3.05) is 0 Å². The van der Waals surface area contributed by atoms with E-state index in [0.29, 0.717) is 44.8 Å². The van der Waals surface area contributed by atoms with Gasteiger partial charge in [0.2, 0.25) is 0 Å². The van der Waals surface area contributed by atoms with E-state index in [9.17, 15) is 31.6 Å². The highest BCUT2D eigenvalue weighted by Crippen LogP contribution is 2.41. The first-order valence-electron chi connectivity index (χ1n) is 15.8. The summed E-state index contributed by atoms with van der Waals surface area (Å²) in [6.45, 7) is 1.93. The van der Waals surface area contributed by atoms with Gasteiger partial charge in [0.1, 0.15) is 11.6 Å². The molecule has 8 heteroatoms. The monoisotopic (exact) mass is 648 g/mol. The highest BCUT2D eigenvalue weighted by atomic mass is 15.0. The van der Waals surface area contributed by atoms with E-state index in [2.05, 4.69) is 36.4 Å². The van der Waals surface area contributed by atoms with Crippen molar-refractivity contribution in [3.63, 3.8) is 0 Å². The smallest absolute Gasteiger partial charge is 0.104 e. The topological polar surface area (TPSA) is 153 Å². The van der Waals surface area contributed by atoms with E-state index in [1.54, 1.807) is 48.5 Å². The number of nitriles is 6. The molecule has 0 aliphatic rings. The first-order valence-corrected chi connectivity index (χ1v) is 15.8. The Kier molecular flexibility index (Phi) is 6.83. The van der Waals surface area contributed by atoms with Crippen molar-refractivity contribution in [1.29, 1.82) is 31.6 Å². The minimum Gasteiger partial charge on any atom is -0.308 e. The van der Waals surface area contributed by atoms with Gasteiger partial charge in [-0.25, -0.2) is 0 Å². The SMILES string of the molecule is Cc1cc(C#N)cc(-c2cc(-n3c4ccc(C#N)cc4c4cc(C#N)ccc43)c(C#N)c(-n3c4ccc(C#N)cc4c4cc(C#N)ccc43)c2)c1. The van der Waals surface area contributed by atoms with Crippen LogP contribution in [0.4, 0.5) is 0 Å². The van der Waals surface area contributed by atoms with Crippen molar-refractivity contribution >= 4 is 43.6 Å². The lowest BCUT2D eigenvalue weighted by Crippen LogP contribution is -2.05. The van der Waals surface area contributed by atoms with Gasteiger partial charge in [-0.3, -0.25) is 0 Å². The number of rotatable bonds is 3. The van der Waals surface area contributed by atoms with Crippen LogP contribution in [0.2, 0.25) is 0 Å². The van der Waals surface area contributed by atoms with E-state index in [1.807, 2.05) is 70.7 Å². The minimum atomic E-state index is 0.340. The lowest BCUT2D eigenvalue weighted by molar-refractivity contribution is 1.12. The van der Waals surface area contributed by atoms with Crippen LogP contribution in [0.15, 0.2) is 103 Å². The predicted octanol–water partition coefficient (Wildman–Crippen LogP) is 9.09. The highest BCUT2D eigenvalue weighted by Gasteiger charge is 2.23. The van der Waals surface area contributed by atoms with E-state index in [4.69, 9.17) is 0 Å². The van der Waals surface area contributed by atoms with Crippen LogP contribution in [0.1, 0.15) is 38.9 Å². The van der Waals surface area contributed by atoms with Crippen LogP contribution in [0.5, 0.6) is 0 Å². The second-order valence-electron chi connectivity index (χ2n) is 12.2. The molecule has 232 valence electrons. The number of nitrogens with zero attached hydrogens (tertiary/aromatic N) is 8. The number of hydrogen-bond donors (Lipinski definition) is 0. The van der Waals surface area contributed by atoms with Crippen molar-refractivity contribution in [2.45, 2.75) is 6.92 Å². The van der Waals surface area contributed by atoms with E-state index in [0.717, 1.165) is 60.3 Å². The van der Waals surface area contributed by atoms with Gasteiger partial charge in [-0.1, -0.05) is 6.07 Å². The summed E-state index contributed by atoms with van der Waals surface area (Å²) in [5.74, 6) is 0. The molecule has 0 aliphatic heterocycles. The van der Waals surface area contributed by atoms with Gasteiger partial charge in [-0.05, 0) is 121 Å². The molecule has 0 N–H and O–H groups in total. The van der Waals surface area contributed by atoms with Crippen LogP contribution in [0.3, 0.4) is 0 Å². The summed E-state index contributed by atoms with van der Waals surface area (Å²) in [5, 5.41) is 63.1. The fourth-order valence-electron chi connectivity index (χ4n) is 7.10. The minimum absolute atomic E-state index is 0.340. The summed E-state index contributed by atoms with van der Waals surface area (Å²) < 4.78 is 3.96. The van der Waals surface area contributed by atoms with Crippen molar-refractivity contribution < 1.29 is 0 Å². The summed E-state index contributed by atoms with van der Waals surface area (Å²) in [6.07, 6.45) is 0. The molecule has 0 unspecified atom stereocenters. The Bertz CT molecular complexity index is 2800. The average molecular weight is 649 g/mol. The number of aromatic nitrogens is 2. The Hall–Kier alpha value is -8.14. The Morgan fingerprint density at radius 2 is 0.725 bits per heavy atom. The van der Waals surface area contributed by atoms with Gasteiger partial charge in [0.05, 0.1) is 91.6 Å². The van der Waals surface area contributed by atoms with Crippen LogP contribution < -0.4 is 0 Å². The number of hydrogen-bond acceptors (Lipinski definition) is 6. The van der Waals surface area contributed by atoms with Gasteiger partial charge in [-0.15, -0.1) is 0 Å². The molecule has 0 saturated heterocycles. The molecular weight excluding hydrogens is 629 g/mol. The molecule has 2 aromatic heterocycles. The maximum atomic E-state index is 11.1. The number of fused-ring (bicyclic) bond motifs is 6. The molecule has 0 fully saturated rings. The first-order chi connectivity index (χ1) is 24.9. The predicted molar refractivity (Wildman–Crippen MR) is 194 cm³/mol. The molecule has 2 heterocycles. The molecular formula is C43H20N8. The molecule has 8 nitrogen and oxygen atoms in total. The zero-order valence-electron chi connectivity index (χ0n) is 26.9. The quantitative estimate of drug-likeness (QED) is 0.186. The van der Waals surface area contributed by atoms with E-state index in [1.165, 1.54) is 0 Å². The molecule has 6 aromatic carbocycles. The fourth-order valence-corrected chi connectivity index (χ4v) is 7.10. The van der Waals surface area contributed by atoms with Crippen LogP contribution in [-0.2, 0) is 0 Å². The van der Waals surface area contributed by atoms with Crippen LogP contribution in [0.25, 0.3) is 66.1 Å². The highest BCUT2D eigenvalue weighted by molar-refractivity contribution is 6.12. The molecule has 0 amide bonds. The number of aryl methyl sites for hydroxylation is 1. The van der Waals surface area contributed by atoms with Crippen LogP contribution >= 0.6 is 0 Å². The molecule has 8 rings (SSSR count). The lowest BCUT2D eigenvalue weighted by atomic mass is 9.97. The Labute approximate surface area is 291 Å². The average Bonchev–Trinajstić information content (AvgIpc) is 3.67. The maximum absolute atomic E-state index is 11.1. The molecule has 0 saturated carbocycles. The molecule has 0 spiro atoms. The number of benzene rings is 6. The van der Waals surface area contributed by atoms with Crippen LogP contribution in [-0.4, -0.2) is 9.13 Å². The van der Waals surface area contributed by atoms with Gasteiger partial charge in [0.25, 0.3) is 0 Å². The zero-order chi connectivity index (χ0) is 35.4. The normalized spacial score (nSPS) is 10.7. The molecule has 0 atom stereocenters. The van der Waals surface area contributed by atoms with E-state index < -0.39 is 0 Å². The third-order valence-electron chi connectivity index (χ3n) is 9.28. The molecule has 0 radical (unpaired) electrons. The summed E-state index contributed by atoms with van der Waals surface area (Å²) in [6, 6.07) is 44.6. The fraction of sp³-hybridized carbons (Fsp3) is 0.0233. The van der Waals surface area contributed by atoms with Crippen molar-refractivity contribution in [3.05, 3.63) is 142 Å². The Morgan fingerprint density at radius 3 is 1.06 bits per heavy atom. The third kappa shape index (κ3) is 4.63. The van der Waals surface area contributed by atoms with Crippen molar-refractivity contribution in [1.82, 2.24) is 9.13 Å². The van der Waals surface area contributed by atoms with E-state index in [-0.39, 0.29) is 0 Å². The molecule has 0 aliphatic carbocycles. The van der Waals surface area contributed by atoms with Gasteiger partial charge in [0, 0.05) is 21.5 Å².